The van der Waals surface area contributed by atoms with Gasteiger partial charge in [0.25, 0.3) is 0 Å². The van der Waals surface area contributed by atoms with Crippen molar-refractivity contribution in [1.82, 2.24) is 15.0 Å². The van der Waals surface area contributed by atoms with E-state index in [9.17, 15) is 0 Å². The second-order valence-electron chi connectivity index (χ2n) is 11.6. The number of furan rings is 1. The first kappa shape index (κ1) is 27.0. The van der Waals surface area contributed by atoms with E-state index in [1.165, 1.54) is 5.56 Å². The van der Waals surface area contributed by atoms with E-state index in [1.807, 2.05) is 54.6 Å². The highest BCUT2D eigenvalue weighted by Crippen LogP contribution is 2.38. The van der Waals surface area contributed by atoms with Crippen molar-refractivity contribution in [3.05, 3.63) is 164 Å². The summed E-state index contributed by atoms with van der Waals surface area (Å²) in [6.45, 7) is 0. The Balaban J connectivity index is 1.18. The van der Waals surface area contributed by atoms with Gasteiger partial charge < -0.3 is 4.42 Å². The first-order valence-electron chi connectivity index (χ1n) is 15.7. The first-order valence-corrected chi connectivity index (χ1v) is 15.7. The van der Waals surface area contributed by atoms with Gasteiger partial charge in [-0.2, -0.15) is 0 Å². The molecule has 0 amide bonds. The Morgan fingerprint density at radius 2 is 0.894 bits per heavy atom. The molecule has 0 radical (unpaired) electrons. The average molecular weight is 602 g/mol. The summed E-state index contributed by atoms with van der Waals surface area (Å²) in [5.41, 5.74) is 9.23. The Morgan fingerprint density at radius 3 is 1.68 bits per heavy atom. The molecule has 2 heterocycles. The Morgan fingerprint density at radius 1 is 0.340 bits per heavy atom. The van der Waals surface area contributed by atoms with E-state index in [0.717, 1.165) is 66.1 Å². The van der Waals surface area contributed by atoms with E-state index in [-0.39, 0.29) is 0 Å². The van der Waals surface area contributed by atoms with Gasteiger partial charge in [-0.15, -0.1) is 0 Å². The lowest BCUT2D eigenvalue weighted by Crippen LogP contribution is -2.00. The summed E-state index contributed by atoms with van der Waals surface area (Å²) in [7, 11) is 0. The van der Waals surface area contributed by atoms with Crippen molar-refractivity contribution in [2.45, 2.75) is 0 Å². The summed E-state index contributed by atoms with van der Waals surface area (Å²) in [4.78, 5) is 15.0. The maximum absolute atomic E-state index is 6.18. The second kappa shape index (κ2) is 11.2. The van der Waals surface area contributed by atoms with Crippen LogP contribution in [0.1, 0.15) is 0 Å². The quantitative estimate of drug-likeness (QED) is 0.197. The van der Waals surface area contributed by atoms with Gasteiger partial charge in [0, 0.05) is 27.5 Å². The van der Waals surface area contributed by atoms with Crippen LogP contribution in [0.2, 0.25) is 0 Å². The lowest BCUT2D eigenvalue weighted by molar-refractivity contribution is 0.669. The molecule has 0 fully saturated rings. The predicted octanol–water partition coefficient (Wildman–Crippen LogP) is 11.3. The van der Waals surface area contributed by atoms with Crippen molar-refractivity contribution in [2.75, 3.05) is 0 Å². The van der Waals surface area contributed by atoms with Crippen LogP contribution >= 0.6 is 0 Å². The van der Waals surface area contributed by atoms with E-state index in [2.05, 4.69) is 109 Å². The van der Waals surface area contributed by atoms with Gasteiger partial charge >= 0.3 is 0 Å². The van der Waals surface area contributed by atoms with Crippen molar-refractivity contribution >= 4 is 32.7 Å². The number of rotatable bonds is 5. The summed E-state index contributed by atoms with van der Waals surface area (Å²) >= 11 is 0. The molecule has 0 atom stereocenters. The van der Waals surface area contributed by atoms with Crippen LogP contribution in [0.25, 0.3) is 89.1 Å². The second-order valence-corrected chi connectivity index (χ2v) is 11.6. The lowest BCUT2D eigenvalue weighted by Gasteiger charge is -2.12. The predicted molar refractivity (Wildman–Crippen MR) is 192 cm³/mol. The zero-order valence-electron chi connectivity index (χ0n) is 25.3. The zero-order chi connectivity index (χ0) is 31.2. The monoisotopic (exact) mass is 601 g/mol. The maximum atomic E-state index is 6.18. The number of para-hydroxylation sites is 1. The number of hydrogen-bond donors (Lipinski definition) is 0. The SMILES string of the molecule is c1ccc(-c2ccc(-c3nc(-c4ccccc4)nc(-c4cccc5cc(-c6cccc7oc8ccccc8c67)ccc45)n3)cc2)cc1. The standard InChI is InChI=1S/C43H27N3O/c1-3-11-28(12-4-1)29-21-23-31(24-22-29)42-44-41(30-13-5-2-6-14-30)45-43(46-42)36-18-9-15-32-27-33(25-26-34(32)36)35-17-10-20-39-40(35)37-16-7-8-19-38(37)47-39/h1-27H. The molecule has 0 aliphatic carbocycles. The molecule has 4 heteroatoms. The largest absolute Gasteiger partial charge is 0.456 e. The molecule has 9 rings (SSSR count). The molecule has 0 N–H and O–H groups in total. The highest BCUT2D eigenvalue weighted by Gasteiger charge is 2.16. The van der Waals surface area contributed by atoms with Crippen molar-refractivity contribution in [1.29, 1.82) is 0 Å². The number of aromatic nitrogens is 3. The van der Waals surface area contributed by atoms with Crippen LogP contribution < -0.4 is 0 Å². The van der Waals surface area contributed by atoms with Gasteiger partial charge in [0.05, 0.1) is 0 Å². The smallest absolute Gasteiger partial charge is 0.164 e. The molecule has 0 spiro atoms. The topological polar surface area (TPSA) is 51.8 Å². The highest BCUT2D eigenvalue weighted by atomic mass is 16.3. The summed E-state index contributed by atoms with van der Waals surface area (Å²) in [5.74, 6) is 1.92. The lowest BCUT2D eigenvalue weighted by atomic mass is 9.95. The molecule has 0 unspecified atom stereocenters. The van der Waals surface area contributed by atoms with E-state index in [1.54, 1.807) is 0 Å². The molecule has 0 aliphatic rings. The molecule has 4 nitrogen and oxygen atoms in total. The van der Waals surface area contributed by atoms with E-state index in [0.29, 0.717) is 17.5 Å². The van der Waals surface area contributed by atoms with Gasteiger partial charge in [-0.1, -0.05) is 146 Å². The van der Waals surface area contributed by atoms with Crippen LogP contribution in [-0.4, -0.2) is 15.0 Å². The van der Waals surface area contributed by atoms with Gasteiger partial charge in [0.1, 0.15) is 11.2 Å². The molecule has 0 bridgehead atoms. The molecule has 220 valence electrons. The zero-order valence-corrected chi connectivity index (χ0v) is 25.3. The highest BCUT2D eigenvalue weighted by molar-refractivity contribution is 6.13. The third-order valence-electron chi connectivity index (χ3n) is 8.75. The van der Waals surface area contributed by atoms with Crippen molar-refractivity contribution in [3.63, 3.8) is 0 Å². The fourth-order valence-electron chi connectivity index (χ4n) is 6.45. The molecule has 0 saturated carbocycles. The minimum absolute atomic E-state index is 0.639. The van der Waals surface area contributed by atoms with Crippen molar-refractivity contribution in [3.8, 4) is 56.4 Å². The van der Waals surface area contributed by atoms with Crippen molar-refractivity contribution < 1.29 is 4.42 Å². The van der Waals surface area contributed by atoms with Crippen LogP contribution in [0.4, 0.5) is 0 Å². The molecular formula is C43H27N3O. The molecular weight excluding hydrogens is 574 g/mol. The molecule has 0 aliphatic heterocycles. The third kappa shape index (κ3) is 4.84. The first-order chi connectivity index (χ1) is 23.3. The molecule has 2 aromatic heterocycles. The molecule has 47 heavy (non-hydrogen) atoms. The van der Waals surface area contributed by atoms with Gasteiger partial charge in [-0.3, -0.25) is 0 Å². The van der Waals surface area contributed by atoms with Crippen molar-refractivity contribution in [2.24, 2.45) is 0 Å². The summed E-state index contributed by atoms with van der Waals surface area (Å²) in [5, 5.41) is 4.44. The van der Waals surface area contributed by atoms with E-state index < -0.39 is 0 Å². The molecule has 7 aromatic carbocycles. The summed E-state index contributed by atoms with van der Waals surface area (Å²) in [6, 6.07) is 56.3. The van der Waals surface area contributed by atoms with Crippen LogP contribution in [0.3, 0.4) is 0 Å². The van der Waals surface area contributed by atoms with Gasteiger partial charge in [-0.05, 0) is 51.2 Å². The van der Waals surface area contributed by atoms with Crippen LogP contribution in [0, 0.1) is 0 Å². The number of hydrogen-bond acceptors (Lipinski definition) is 4. The Kier molecular flexibility index (Phi) is 6.43. The minimum Gasteiger partial charge on any atom is -0.456 e. The molecule has 9 aromatic rings. The number of benzene rings is 7. The van der Waals surface area contributed by atoms with Gasteiger partial charge in [-0.25, -0.2) is 15.0 Å². The number of nitrogens with zero attached hydrogens (tertiary/aromatic N) is 3. The normalized spacial score (nSPS) is 11.4. The Labute approximate surface area is 271 Å². The average Bonchev–Trinajstić information content (AvgIpc) is 3.54. The summed E-state index contributed by atoms with van der Waals surface area (Å²) < 4.78 is 6.18. The Bertz CT molecular complexity index is 2550. The van der Waals surface area contributed by atoms with Crippen LogP contribution in [0.5, 0.6) is 0 Å². The van der Waals surface area contributed by atoms with Gasteiger partial charge in [0.15, 0.2) is 17.5 Å². The Hall–Kier alpha value is -6.39. The van der Waals surface area contributed by atoms with Gasteiger partial charge in [0.2, 0.25) is 0 Å². The van der Waals surface area contributed by atoms with E-state index in [4.69, 9.17) is 19.4 Å². The number of fused-ring (bicyclic) bond motifs is 4. The van der Waals surface area contributed by atoms with Crippen LogP contribution in [-0.2, 0) is 0 Å². The fraction of sp³-hybridized carbons (Fsp3) is 0. The molecule has 0 saturated heterocycles. The minimum atomic E-state index is 0.639. The maximum Gasteiger partial charge on any atom is 0.164 e. The third-order valence-corrected chi connectivity index (χ3v) is 8.75. The van der Waals surface area contributed by atoms with Crippen LogP contribution in [0.15, 0.2) is 168 Å². The summed E-state index contributed by atoms with van der Waals surface area (Å²) in [6.07, 6.45) is 0. The fourth-order valence-corrected chi connectivity index (χ4v) is 6.45. The van der Waals surface area contributed by atoms with E-state index >= 15 is 0 Å².